The molecule has 1 amide bonds. The van der Waals surface area contributed by atoms with Crippen LogP contribution in [-0.2, 0) is 21.4 Å². The molecule has 1 heterocycles. The average Bonchev–Trinajstić information content (AvgIpc) is 2.69. The second-order valence-electron chi connectivity index (χ2n) is 6.99. The Morgan fingerprint density at radius 2 is 2.07 bits per heavy atom. The second-order valence-corrected chi connectivity index (χ2v) is 9.08. The number of rotatable bonds is 6. The Morgan fingerprint density at radius 3 is 2.79 bits per heavy atom. The van der Waals surface area contributed by atoms with E-state index in [0.717, 1.165) is 24.9 Å². The Balaban J connectivity index is 1.82. The number of hydrogen-bond acceptors (Lipinski definition) is 5. The summed E-state index contributed by atoms with van der Waals surface area (Å²) in [5.41, 5.74) is 6.77. The molecule has 0 aliphatic carbocycles. The quantitative estimate of drug-likeness (QED) is 0.727. The largest absolute Gasteiger partial charge is 0.369 e. The van der Waals surface area contributed by atoms with Crippen LogP contribution in [0.4, 0.5) is 5.69 Å². The number of nitrogens with zero attached hydrogens (tertiary/aromatic N) is 2. The number of piperidine rings is 1. The minimum Gasteiger partial charge on any atom is -0.369 e. The van der Waals surface area contributed by atoms with Crippen LogP contribution < -0.4 is 10.5 Å². The Morgan fingerprint density at radius 1 is 1.31 bits per heavy atom. The number of nitriles is 1. The van der Waals surface area contributed by atoms with E-state index in [-0.39, 0.29) is 27.3 Å². The standard InChI is InChI=1S/C20H21ClN4O3S/c21-18-8-7-17(10-16(18)11-22)29(27,28)24-19-6-2-1-4-14(19)12-25-9-3-5-15(13-25)20(23)26/h1-2,4,6-8,10,15,24H,3,5,9,12-13H2,(H2,23,26)/t15-/m0/s1. The summed E-state index contributed by atoms with van der Waals surface area (Å²) in [7, 11) is -3.90. The van der Waals surface area contributed by atoms with Crippen molar-refractivity contribution < 1.29 is 13.2 Å². The number of carbonyl (C=O) groups excluding carboxylic acids is 1. The number of nitrogens with one attached hydrogen (secondary N) is 1. The number of carbonyl (C=O) groups is 1. The van der Waals surface area contributed by atoms with Crippen LogP contribution in [0, 0.1) is 17.2 Å². The van der Waals surface area contributed by atoms with Crippen molar-refractivity contribution in [1.29, 1.82) is 5.26 Å². The summed E-state index contributed by atoms with van der Waals surface area (Å²) in [5, 5.41) is 9.29. The molecule has 0 saturated carbocycles. The number of nitrogens with two attached hydrogens (primary N) is 1. The molecule has 1 fully saturated rings. The fraction of sp³-hybridized carbons (Fsp3) is 0.300. The number of amides is 1. The van der Waals surface area contributed by atoms with Crippen molar-refractivity contribution in [2.75, 3.05) is 17.8 Å². The molecule has 2 aromatic carbocycles. The molecular weight excluding hydrogens is 412 g/mol. The molecule has 0 unspecified atom stereocenters. The van der Waals surface area contributed by atoms with Gasteiger partial charge in [0.1, 0.15) is 6.07 Å². The first-order valence-electron chi connectivity index (χ1n) is 9.12. The minimum atomic E-state index is -3.90. The lowest BCUT2D eigenvalue weighted by Gasteiger charge is -2.31. The molecule has 1 saturated heterocycles. The van der Waals surface area contributed by atoms with Crippen LogP contribution in [0.2, 0.25) is 5.02 Å². The van der Waals surface area contributed by atoms with Gasteiger partial charge in [-0.05, 0) is 49.2 Å². The van der Waals surface area contributed by atoms with Crippen LogP contribution in [0.15, 0.2) is 47.4 Å². The molecule has 0 spiro atoms. The molecule has 7 nitrogen and oxygen atoms in total. The summed E-state index contributed by atoms with van der Waals surface area (Å²) < 4.78 is 28.3. The summed E-state index contributed by atoms with van der Waals surface area (Å²) in [6.45, 7) is 1.86. The lowest BCUT2D eigenvalue weighted by molar-refractivity contribution is -0.123. The maximum absolute atomic E-state index is 12.8. The van der Waals surface area contributed by atoms with Crippen molar-refractivity contribution in [3.05, 3.63) is 58.6 Å². The van der Waals surface area contributed by atoms with Gasteiger partial charge in [-0.2, -0.15) is 5.26 Å². The van der Waals surface area contributed by atoms with Crippen LogP contribution in [-0.4, -0.2) is 32.3 Å². The number of primary amides is 1. The van der Waals surface area contributed by atoms with E-state index in [0.29, 0.717) is 18.8 Å². The predicted molar refractivity (Wildman–Crippen MR) is 111 cm³/mol. The van der Waals surface area contributed by atoms with Crippen LogP contribution in [0.1, 0.15) is 24.0 Å². The van der Waals surface area contributed by atoms with Crippen LogP contribution in [0.5, 0.6) is 0 Å². The third-order valence-electron chi connectivity index (χ3n) is 4.93. The lowest BCUT2D eigenvalue weighted by Crippen LogP contribution is -2.40. The molecule has 1 aliphatic heterocycles. The third-order valence-corrected chi connectivity index (χ3v) is 6.62. The van der Waals surface area contributed by atoms with Crippen molar-refractivity contribution in [3.63, 3.8) is 0 Å². The number of anilines is 1. The zero-order valence-electron chi connectivity index (χ0n) is 15.6. The van der Waals surface area contributed by atoms with E-state index in [1.165, 1.54) is 18.2 Å². The number of para-hydroxylation sites is 1. The highest BCUT2D eigenvalue weighted by Gasteiger charge is 2.25. The Kier molecular flexibility index (Phi) is 6.42. The summed E-state index contributed by atoms with van der Waals surface area (Å²) in [4.78, 5) is 13.6. The van der Waals surface area contributed by atoms with Gasteiger partial charge in [0, 0.05) is 13.1 Å². The molecule has 3 rings (SSSR count). The van der Waals surface area contributed by atoms with Gasteiger partial charge >= 0.3 is 0 Å². The van der Waals surface area contributed by atoms with Gasteiger partial charge in [0.2, 0.25) is 5.91 Å². The molecule has 9 heteroatoms. The maximum Gasteiger partial charge on any atom is 0.261 e. The monoisotopic (exact) mass is 432 g/mol. The second kappa shape index (κ2) is 8.82. The first-order chi connectivity index (χ1) is 13.8. The third kappa shape index (κ3) is 5.07. The number of halogens is 1. The minimum absolute atomic E-state index is 0.0416. The summed E-state index contributed by atoms with van der Waals surface area (Å²) in [6, 6.07) is 13.0. The number of likely N-dealkylation sites (tertiary alicyclic amines) is 1. The van der Waals surface area contributed by atoms with Crippen molar-refractivity contribution in [2.45, 2.75) is 24.3 Å². The molecule has 3 N–H and O–H groups in total. The van der Waals surface area contributed by atoms with Crippen molar-refractivity contribution in [1.82, 2.24) is 4.90 Å². The summed E-state index contributed by atoms with van der Waals surface area (Å²) >= 11 is 5.90. The van der Waals surface area contributed by atoms with Gasteiger partial charge in [-0.3, -0.25) is 14.4 Å². The van der Waals surface area contributed by atoms with E-state index in [2.05, 4.69) is 9.62 Å². The van der Waals surface area contributed by atoms with Crippen LogP contribution in [0.25, 0.3) is 0 Å². The fourth-order valence-electron chi connectivity index (χ4n) is 3.39. The fourth-order valence-corrected chi connectivity index (χ4v) is 4.68. The van der Waals surface area contributed by atoms with Crippen molar-refractivity contribution in [2.24, 2.45) is 11.7 Å². The van der Waals surface area contributed by atoms with E-state index in [9.17, 15) is 13.2 Å². The lowest BCUT2D eigenvalue weighted by atomic mass is 9.97. The van der Waals surface area contributed by atoms with E-state index in [4.69, 9.17) is 22.6 Å². The Labute approximate surface area is 175 Å². The molecule has 152 valence electrons. The normalized spacial score (nSPS) is 17.4. The molecule has 1 atom stereocenters. The van der Waals surface area contributed by atoms with Gasteiger partial charge in [-0.15, -0.1) is 0 Å². The van der Waals surface area contributed by atoms with Crippen LogP contribution >= 0.6 is 11.6 Å². The van der Waals surface area contributed by atoms with Gasteiger partial charge in [0.05, 0.1) is 27.1 Å². The molecule has 0 aromatic heterocycles. The van der Waals surface area contributed by atoms with Gasteiger partial charge in [-0.25, -0.2) is 8.42 Å². The van der Waals surface area contributed by atoms with Gasteiger partial charge in [-0.1, -0.05) is 29.8 Å². The molecule has 0 bridgehead atoms. The van der Waals surface area contributed by atoms with Gasteiger partial charge in [0.25, 0.3) is 10.0 Å². The zero-order valence-corrected chi connectivity index (χ0v) is 17.2. The predicted octanol–water partition coefficient (Wildman–Crippen LogP) is 2.71. The number of sulfonamides is 1. The average molecular weight is 433 g/mol. The number of hydrogen-bond donors (Lipinski definition) is 2. The van der Waals surface area contributed by atoms with Gasteiger partial charge < -0.3 is 5.73 Å². The highest BCUT2D eigenvalue weighted by Crippen LogP contribution is 2.26. The summed E-state index contributed by atoms with van der Waals surface area (Å²) in [5.74, 6) is -0.495. The molecule has 0 radical (unpaired) electrons. The highest BCUT2D eigenvalue weighted by atomic mass is 35.5. The van der Waals surface area contributed by atoms with E-state index in [1.807, 2.05) is 18.2 Å². The molecular formula is C20H21ClN4O3S. The maximum atomic E-state index is 12.8. The zero-order chi connectivity index (χ0) is 21.0. The van der Waals surface area contributed by atoms with E-state index < -0.39 is 10.0 Å². The Bertz CT molecular complexity index is 1070. The molecule has 29 heavy (non-hydrogen) atoms. The van der Waals surface area contributed by atoms with E-state index in [1.54, 1.807) is 12.1 Å². The Hall–Kier alpha value is -2.60. The van der Waals surface area contributed by atoms with E-state index >= 15 is 0 Å². The van der Waals surface area contributed by atoms with Crippen molar-refractivity contribution in [3.8, 4) is 6.07 Å². The topological polar surface area (TPSA) is 116 Å². The molecule has 2 aromatic rings. The van der Waals surface area contributed by atoms with Crippen molar-refractivity contribution >= 4 is 33.2 Å². The summed E-state index contributed by atoms with van der Waals surface area (Å²) in [6.07, 6.45) is 1.64. The van der Waals surface area contributed by atoms with Gasteiger partial charge in [0.15, 0.2) is 0 Å². The highest BCUT2D eigenvalue weighted by molar-refractivity contribution is 7.92. The smallest absolute Gasteiger partial charge is 0.261 e. The first-order valence-corrected chi connectivity index (χ1v) is 11.0. The van der Waals surface area contributed by atoms with Crippen LogP contribution in [0.3, 0.4) is 0 Å². The molecule has 1 aliphatic rings. The number of benzene rings is 2. The SMILES string of the molecule is N#Cc1cc(S(=O)(=O)Nc2ccccc2CN2CCC[C@H](C(N)=O)C2)ccc1Cl. The first kappa shape index (κ1) is 21.1.